The zero-order valence-electron chi connectivity index (χ0n) is 17.2. The summed E-state index contributed by atoms with van der Waals surface area (Å²) in [7, 11) is 3.08. The smallest absolute Gasteiger partial charge is 0.193 e. The van der Waals surface area contributed by atoms with E-state index in [2.05, 4.69) is 41.1 Å². The van der Waals surface area contributed by atoms with Gasteiger partial charge in [0, 0.05) is 32.2 Å². The van der Waals surface area contributed by atoms with Gasteiger partial charge in [0.25, 0.3) is 0 Å². The number of guanidine groups is 1. The fourth-order valence-corrected chi connectivity index (χ4v) is 5.62. The standard InChI is InChI=1S/C18H36N4O2S.HI/c1-15-8-7-9-18(12-15,21(5)6)13-20-16(19-4)22-10-11-25(23,24)17(2,3)14-22;/h15H,7-14H2,1-6H3,(H,19,20);1H. The molecule has 6 nitrogen and oxygen atoms in total. The van der Waals surface area contributed by atoms with Crippen molar-refractivity contribution in [3.63, 3.8) is 0 Å². The summed E-state index contributed by atoms with van der Waals surface area (Å²) in [5, 5.41) is 3.56. The summed E-state index contributed by atoms with van der Waals surface area (Å²) < 4.78 is 23.8. The number of nitrogens with one attached hydrogen (secondary N) is 1. The number of hydrogen-bond donors (Lipinski definition) is 1. The highest BCUT2D eigenvalue weighted by molar-refractivity contribution is 14.0. The molecule has 2 unspecified atom stereocenters. The Morgan fingerprint density at radius 1 is 1.35 bits per heavy atom. The number of halogens is 1. The average Bonchev–Trinajstić information content (AvgIpc) is 2.51. The Hall–Kier alpha value is -0.0900. The fourth-order valence-electron chi connectivity index (χ4n) is 4.26. The van der Waals surface area contributed by atoms with Crippen LogP contribution in [0.3, 0.4) is 0 Å². The van der Waals surface area contributed by atoms with Crippen molar-refractivity contribution in [3.05, 3.63) is 0 Å². The highest BCUT2D eigenvalue weighted by Gasteiger charge is 2.42. The summed E-state index contributed by atoms with van der Waals surface area (Å²) >= 11 is 0. The molecule has 2 rings (SSSR count). The first-order valence-corrected chi connectivity index (χ1v) is 11.0. The summed E-state index contributed by atoms with van der Waals surface area (Å²) in [6.45, 7) is 7.81. The molecule has 2 aliphatic rings. The average molecular weight is 500 g/mol. The third-order valence-corrected chi connectivity index (χ3v) is 8.68. The van der Waals surface area contributed by atoms with Crippen LogP contribution < -0.4 is 5.32 Å². The molecule has 154 valence electrons. The van der Waals surface area contributed by atoms with Gasteiger partial charge in [-0.15, -0.1) is 24.0 Å². The molecule has 1 saturated heterocycles. The molecule has 0 aromatic rings. The Kier molecular flexibility index (Phi) is 8.24. The van der Waals surface area contributed by atoms with Gasteiger partial charge < -0.3 is 15.1 Å². The van der Waals surface area contributed by atoms with Crippen LogP contribution in [0.25, 0.3) is 0 Å². The Morgan fingerprint density at radius 3 is 2.50 bits per heavy atom. The molecule has 0 aromatic heterocycles. The quantitative estimate of drug-likeness (QED) is 0.366. The van der Waals surface area contributed by atoms with E-state index in [9.17, 15) is 8.42 Å². The van der Waals surface area contributed by atoms with Crippen LogP contribution >= 0.6 is 24.0 Å². The van der Waals surface area contributed by atoms with Gasteiger partial charge in [0.15, 0.2) is 15.8 Å². The van der Waals surface area contributed by atoms with Gasteiger partial charge in [-0.3, -0.25) is 4.99 Å². The monoisotopic (exact) mass is 500 g/mol. The van der Waals surface area contributed by atoms with E-state index < -0.39 is 14.6 Å². The first-order chi connectivity index (χ1) is 11.5. The number of hydrogen-bond acceptors (Lipinski definition) is 4. The lowest BCUT2D eigenvalue weighted by molar-refractivity contribution is 0.0788. The van der Waals surface area contributed by atoms with Crippen LogP contribution in [0.2, 0.25) is 0 Å². The van der Waals surface area contributed by atoms with Crippen molar-refractivity contribution in [1.82, 2.24) is 15.1 Å². The minimum atomic E-state index is -3.04. The van der Waals surface area contributed by atoms with Crippen LogP contribution in [0.15, 0.2) is 4.99 Å². The molecule has 0 spiro atoms. The Bertz CT molecular complexity index is 606. The van der Waals surface area contributed by atoms with E-state index >= 15 is 0 Å². The summed E-state index contributed by atoms with van der Waals surface area (Å²) in [6.07, 6.45) is 4.94. The van der Waals surface area contributed by atoms with Crippen molar-refractivity contribution >= 4 is 39.8 Å². The molecular formula is C18H37IN4O2S. The second-order valence-electron chi connectivity index (χ2n) is 8.72. The SMILES string of the molecule is CN=C(NCC1(N(C)C)CCCC(C)C1)N1CCS(=O)(=O)C(C)(C)C1.I. The third kappa shape index (κ3) is 5.04. The predicted octanol–water partition coefficient (Wildman–Crippen LogP) is 2.20. The molecule has 0 aromatic carbocycles. The number of nitrogens with zero attached hydrogens (tertiary/aromatic N) is 3. The number of rotatable bonds is 3. The molecule has 1 saturated carbocycles. The van der Waals surface area contributed by atoms with E-state index in [1.807, 2.05) is 13.8 Å². The molecule has 1 aliphatic heterocycles. The highest BCUT2D eigenvalue weighted by Crippen LogP contribution is 2.35. The molecule has 0 bridgehead atoms. The molecule has 1 heterocycles. The zero-order chi connectivity index (χ0) is 18.9. The molecule has 1 N–H and O–H groups in total. The lowest BCUT2D eigenvalue weighted by atomic mass is 9.75. The molecule has 0 radical (unpaired) electrons. The summed E-state index contributed by atoms with van der Waals surface area (Å²) in [5.41, 5.74) is 0.144. The van der Waals surface area contributed by atoms with Gasteiger partial charge in [-0.25, -0.2) is 8.42 Å². The van der Waals surface area contributed by atoms with E-state index in [-0.39, 0.29) is 35.3 Å². The van der Waals surface area contributed by atoms with Gasteiger partial charge in [0.2, 0.25) is 0 Å². The van der Waals surface area contributed by atoms with Crippen LogP contribution in [0.4, 0.5) is 0 Å². The van der Waals surface area contributed by atoms with Crippen LogP contribution in [0.1, 0.15) is 46.5 Å². The summed E-state index contributed by atoms with van der Waals surface area (Å²) in [5.74, 6) is 1.75. The normalized spacial score (nSPS) is 31.4. The molecule has 26 heavy (non-hydrogen) atoms. The van der Waals surface area contributed by atoms with E-state index in [1.165, 1.54) is 25.7 Å². The maximum Gasteiger partial charge on any atom is 0.193 e. The van der Waals surface area contributed by atoms with Crippen LogP contribution in [-0.4, -0.2) is 81.0 Å². The van der Waals surface area contributed by atoms with Crippen LogP contribution in [0.5, 0.6) is 0 Å². The molecule has 8 heteroatoms. The Labute approximate surface area is 177 Å². The van der Waals surface area contributed by atoms with Crippen molar-refractivity contribution in [2.45, 2.75) is 56.7 Å². The Morgan fingerprint density at radius 2 is 2.00 bits per heavy atom. The first-order valence-electron chi connectivity index (χ1n) is 9.38. The third-order valence-electron chi connectivity index (χ3n) is 6.15. The van der Waals surface area contributed by atoms with Crippen molar-refractivity contribution < 1.29 is 8.42 Å². The zero-order valence-corrected chi connectivity index (χ0v) is 20.4. The minimum Gasteiger partial charge on any atom is -0.354 e. The maximum absolute atomic E-state index is 12.2. The number of aliphatic imine (C=N–C) groups is 1. The second kappa shape index (κ2) is 8.94. The fraction of sp³-hybridized carbons (Fsp3) is 0.944. The minimum absolute atomic E-state index is 0. The number of sulfone groups is 1. The van der Waals surface area contributed by atoms with E-state index in [0.717, 1.165) is 18.4 Å². The van der Waals surface area contributed by atoms with Gasteiger partial charge in [0.1, 0.15) is 0 Å². The predicted molar refractivity (Wildman–Crippen MR) is 120 cm³/mol. The van der Waals surface area contributed by atoms with Gasteiger partial charge in [-0.05, 0) is 46.7 Å². The van der Waals surface area contributed by atoms with Gasteiger partial charge in [-0.1, -0.05) is 19.8 Å². The van der Waals surface area contributed by atoms with Crippen molar-refractivity contribution in [1.29, 1.82) is 0 Å². The molecule has 2 atom stereocenters. The van der Waals surface area contributed by atoms with E-state index in [4.69, 9.17) is 0 Å². The molecule has 1 aliphatic carbocycles. The lowest BCUT2D eigenvalue weighted by Gasteiger charge is -2.46. The van der Waals surface area contributed by atoms with E-state index in [1.54, 1.807) is 7.05 Å². The van der Waals surface area contributed by atoms with Gasteiger partial charge in [0.05, 0.1) is 10.5 Å². The maximum atomic E-state index is 12.2. The topological polar surface area (TPSA) is 65.0 Å². The van der Waals surface area contributed by atoms with Crippen molar-refractivity contribution in [2.75, 3.05) is 46.5 Å². The highest BCUT2D eigenvalue weighted by atomic mass is 127. The summed E-state index contributed by atoms with van der Waals surface area (Å²) in [6, 6.07) is 0. The largest absolute Gasteiger partial charge is 0.354 e. The number of likely N-dealkylation sites (N-methyl/N-ethyl adjacent to an activating group) is 1. The summed E-state index contributed by atoms with van der Waals surface area (Å²) in [4.78, 5) is 8.89. The molecule has 0 amide bonds. The second-order valence-corrected chi connectivity index (χ2v) is 11.5. The lowest BCUT2D eigenvalue weighted by Crippen LogP contribution is -2.60. The molecule has 2 fully saturated rings. The van der Waals surface area contributed by atoms with Gasteiger partial charge in [-0.2, -0.15) is 0 Å². The Balaban J connectivity index is 0.00000338. The van der Waals surface area contributed by atoms with Crippen molar-refractivity contribution in [2.24, 2.45) is 10.9 Å². The van der Waals surface area contributed by atoms with Crippen molar-refractivity contribution in [3.8, 4) is 0 Å². The first kappa shape index (κ1) is 23.9. The van der Waals surface area contributed by atoms with Gasteiger partial charge >= 0.3 is 0 Å². The van der Waals surface area contributed by atoms with Crippen LogP contribution in [0, 0.1) is 5.92 Å². The van der Waals surface area contributed by atoms with E-state index in [0.29, 0.717) is 13.1 Å². The molecular weight excluding hydrogens is 463 g/mol. The van der Waals surface area contributed by atoms with Crippen LogP contribution in [-0.2, 0) is 9.84 Å².